The number of benzene rings is 1. The highest BCUT2D eigenvalue weighted by atomic mass is 32.2. The molecule has 0 aliphatic heterocycles. The molecule has 1 aromatic carbocycles. The fourth-order valence-corrected chi connectivity index (χ4v) is 3.72. The van der Waals surface area contributed by atoms with Crippen LogP contribution >= 0.6 is 11.8 Å². The van der Waals surface area contributed by atoms with Gasteiger partial charge in [0.05, 0.1) is 6.26 Å². The minimum Gasteiger partial charge on any atom is -0.461 e. The van der Waals surface area contributed by atoms with E-state index in [0.717, 1.165) is 34.2 Å². The van der Waals surface area contributed by atoms with Crippen LogP contribution in [-0.2, 0) is 12.3 Å². The van der Waals surface area contributed by atoms with Crippen LogP contribution in [0, 0.1) is 6.92 Å². The van der Waals surface area contributed by atoms with Gasteiger partial charge in [-0.1, -0.05) is 29.5 Å². The lowest BCUT2D eigenvalue weighted by atomic mass is 10.1. The Morgan fingerprint density at radius 1 is 1.12 bits per heavy atom. The predicted octanol–water partition coefficient (Wildman–Crippen LogP) is 4.21. The maximum Gasteiger partial charge on any atom is 0.247 e. The van der Waals surface area contributed by atoms with Crippen molar-refractivity contribution in [2.75, 3.05) is 0 Å². The molecule has 0 atom stereocenters. The minimum absolute atomic E-state index is 0.525. The van der Waals surface area contributed by atoms with Gasteiger partial charge in [0.15, 0.2) is 16.7 Å². The lowest BCUT2D eigenvalue weighted by molar-refractivity contribution is 0.567. The van der Waals surface area contributed by atoms with Crippen molar-refractivity contribution in [3.8, 4) is 23.0 Å². The molecule has 0 aliphatic rings. The maximum atomic E-state index is 5.46. The molecule has 0 aliphatic carbocycles. The molecule has 0 fully saturated rings. The molecule has 7 nitrogen and oxygen atoms in total. The molecule has 26 heavy (non-hydrogen) atoms. The number of rotatable bonds is 6. The van der Waals surface area contributed by atoms with Crippen LogP contribution in [-0.4, -0.2) is 25.0 Å². The lowest BCUT2D eigenvalue weighted by Crippen LogP contribution is -1.99. The molecule has 4 rings (SSSR count). The fourth-order valence-electron chi connectivity index (χ4n) is 2.72. The Labute approximate surface area is 154 Å². The summed E-state index contributed by atoms with van der Waals surface area (Å²) in [4.78, 5) is 0. The zero-order valence-electron chi connectivity index (χ0n) is 14.4. The molecule has 3 heterocycles. The van der Waals surface area contributed by atoms with Crippen LogP contribution in [0.25, 0.3) is 23.0 Å². The van der Waals surface area contributed by atoms with E-state index in [4.69, 9.17) is 8.83 Å². The van der Waals surface area contributed by atoms with Crippen molar-refractivity contribution in [2.45, 2.75) is 31.3 Å². The summed E-state index contributed by atoms with van der Waals surface area (Å²) in [6, 6.07) is 9.96. The summed E-state index contributed by atoms with van der Waals surface area (Å²) in [6.45, 7) is 4.87. The molecule has 0 N–H and O–H groups in total. The SMILES string of the molecule is CCn1c(SCc2ccc(C)cc2-c2nnco2)nnc1-c1ccco1. The Kier molecular flexibility index (Phi) is 4.57. The molecule has 0 spiro atoms. The number of furan rings is 1. The molecule has 8 heteroatoms. The average Bonchev–Trinajstić information content (AvgIpc) is 3.40. The van der Waals surface area contributed by atoms with Crippen LogP contribution in [0.4, 0.5) is 0 Å². The second-order valence-corrected chi connectivity index (χ2v) is 6.66. The van der Waals surface area contributed by atoms with E-state index in [-0.39, 0.29) is 0 Å². The van der Waals surface area contributed by atoms with E-state index < -0.39 is 0 Å². The van der Waals surface area contributed by atoms with Gasteiger partial charge in [-0.05, 0) is 37.6 Å². The van der Waals surface area contributed by atoms with Crippen LogP contribution in [0.5, 0.6) is 0 Å². The Morgan fingerprint density at radius 2 is 2.04 bits per heavy atom. The summed E-state index contributed by atoms with van der Waals surface area (Å²) in [5, 5.41) is 17.3. The minimum atomic E-state index is 0.525. The van der Waals surface area contributed by atoms with E-state index in [1.165, 1.54) is 6.39 Å². The third-order valence-electron chi connectivity index (χ3n) is 3.99. The summed E-state index contributed by atoms with van der Waals surface area (Å²) in [7, 11) is 0. The van der Waals surface area contributed by atoms with E-state index in [1.54, 1.807) is 18.0 Å². The van der Waals surface area contributed by atoms with Crippen molar-refractivity contribution in [1.29, 1.82) is 0 Å². The van der Waals surface area contributed by atoms with E-state index in [2.05, 4.69) is 45.5 Å². The molecule has 3 aromatic heterocycles. The number of aryl methyl sites for hydroxylation is 1. The number of hydrogen-bond acceptors (Lipinski definition) is 7. The van der Waals surface area contributed by atoms with E-state index in [9.17, 15) is 0 Å². The van der Waals surface area contributed by atoms with Crippen molar-refractivity contribution in [2.24, 2.45) is 0 Å². The molecule has 0 unspecified atom stereocenters. The van der Waals surface area contributed by atoms with Gasteiger partial charge in [0.25, 0.3) is 0 Å². The van der Waals surface area contributed by atoms with Crippen LogP contribution in [0.1, 0.15) is 18.1 Å². The maximum absolute atomic E-state index is 5.46. The largest absolute Gasteiger partial charge is 0.461 e. The van der Waals surface area contributed by atoms with E-state index in [1.807, 2.05) is 23.6 Å². The second kappa shape index (κ2) is 7.17. The van der Waals surface area contributed by atoms with Gasteiger partial charge in [0.1, 0.15) is 0 Å². The van der Waals surface area contributed by atoms with Crippen LogP contribution in [0.15, 0.2) is 57.0 Å². The second-order valence-electron chi connectivity index (χ2n) is 5.72. The van der Waals surface area contributed by atoms with E-state index in [0.29, 0.717) is 17.4 Å². The van der Waals surface area contributed by atoms with Crippen molar-refractivity contribution in [3.05, 3.63) is 54.1 Å². The summed E-state index contributed by atoms with van der Waals surface area (Å²) >= 11 is 1.62. The van der Waals surface area contributed by atoms with Crippen LogP contribution in [0.2, 0.25) is 0 Å². The van der Waals surface area contributed by atoms with Crippen molar-refractivity contribution >= 4 is 11.8 Å². The first-order chi connectivity index (χ1) is 12.8. The van der Waals surface area contributed by atoms with Crippen LogP contribution in [0.3, 0.4) is 0 Å². The standard InChI is InChI=1S/C18H17N5O2S/c1-3-23-16(15-5-4-8-24-15)20-22-18(23)26-10-13-7-6-12(2)9-14(13)17-21-19-11-25-17/h4-9,11H,3,10H2,1-2H3. The number of hydrogen-bond donors (Lipinski definition) is 0. The van der Waals surface area contributed by atoms with Gasteiger partial charge < -0.3 is 8.83 Å². The summed E-state index contributed by atoms with van der Waals surface area (Å²) in [5.41, 5.74) is 3.20. The summed E-state index contributed by atoms with van der Waals surface area (Å²) in [5.74, 6) is 2.69. The number of nitrogens with zero attached hydrogens (tertiary/aromatic N) is 5. The Bertz CT molecular complexity index is 993. The molecular weight excluding hydrogens is 350 g/mol. The fraction of sp³-hybridized carbons (Fsp3) is 0.222. The third-order valence-corrected chi connectivity index (χ3v) is 5.00. The molecule has 132 valence electrons. The van der Waals surface area contributed by atoms with Gasteiger partial charge in [0, 0.05) is 17.9 Å². The van der Waals surface area contributed by atoms with Gasteiger partial charge in [-0.25, -0.2) is 0 Å². The number of aromatic nitrogens is 5. The molecule has 0 amide bonds. The Hall–Kier alpha value is -2.87. The van der Waals surface area contributed by atoms with E-state index >= 15 is 0 Å². The molecule has 0 radical (unpaired) electrons. The summed E-state index contributed by atoms with van der Waals surface area (Å²) < 4.78 is 12.9. The normalized spacial score (nSPS) is 11.2. The average molecular weight is 367 g/mol. The monoisotopic (exact) mass is 367 g/mol. The van der Waals surface area contributed by atoms with Gasteiger partial charge in [-0.2, -0.15) is 0 Å². The number of thioether (sulfide) groups is 1. The Morgan fingerprint density at radius 3 is 2.77 bits per heavy atom. The zero-order chi connectivity index (χ0) is 17.9. The van der Waals surface area contributed by atoms with Crippen molar-refractivity contribution < 1.29 is 8.83 Å². The zero-order valence-corrected chi connectivity index (χ0v) is 15.2. The van der Waals surface area contributed by atoms with Gasteiger partial charge in [-0.15, -0.1) is 20.4 Å². The highest BCUT2D eigenvalue weighted by Gasteiger charge is 2.17. The molecule has 0 bridgehead atoms. The lowest BCUT2D eigenvalue weighted by Gasteiger charge is -2.09. The first kappa shape index (κ1) is 16.6. The van der Waals surface area contributed by atoms with Gasteiger partial charge >= 0.3 is 0 Å². The smallest absolute Gasteiger partial charge is 0.247 e. The highest BCUT2D eigenvalue weighted by Crippen LogP contribution is 2.31. The summed E-state index contributed by atoms with van der Waals surface area (Å²) in [6.07, 6.45) is 2.98. The molecular formula is C18H17N5O2S. The first-order valence-corrected chi connectivity index (χ1v) is 9.20. The molecule has 0 saturated heterocycles. The highest BCUT2D eigenvalue weighted by molar-refractivity contribution is 7.98. The van der Waals surface area contributed by atoms with Gasteiger partial charge in [0.2, 0.25) is 12.3 Å². The van der Waals surface area contributed by atoms with Crippen molar-refractivity contribution in [3.63, 3.8) is 0 Å². The Balaban J connectivity index is 1.61. The third kappa shape index (κ3) is 3.15. The van der Waals surface area contributed by atoms with Crippen molar-refractivity contribution in [1.82, 2.24) is 25.0 Å². The van der Waals surface area contributed by atoms with Gasteiger partial charge in [-0.3, -0.25) is 4.57 Å². The van der Waals surface area contributed by atoms with Crippen LogP contribution < -0.4 is 0 Å². The molecule has 4 aromatic rings. The topological polar surface area (TPSA) is 82.8 Å². The first-order valence-electron chi connectivity index (χ1n) is 8.22. The quantitative estimate of drug-likeness (QED) is 0.472. The molecule has 0 saturated carbocycles. The predicted molar refractivity (Wildman–Crippen MR) is 97.4 cm³/mol.